The number of hydrogen-bond acceptors (Lipinski definition) is 4. The third-order valence-electron chi connectivity index (χ3n) is 1.79. The van der Waals surface area contributed by atoms with Crippen molar-refractivity contribution in [3.8, 4) is 6.07 Å². The van der Waals surface area contributed by atoms with Crippen LogP contribution in [-0.4, -0.2) is 16.5 Å². The second-order valence-corrected chi connectivity index (χ2v) is 3.08. The molecule has 14 heavy (non-hydrogen) atoms. The molecule has 0 aliphatic rings. The Morgan fingerprint density at radius 3 is 2.93 bits per heavy atom. The molecule has 1 aromatic rings. The van der Waals surface area contributed by atoms with E-state index in [4.69, 9.17) is 5.26 Å². The number of rotatable bonds is 4. The van der Waals surface area contributed by atoms with Crippen molar-refractivity contribution in [1.29, 1.82) is 5.26 Å². The van der Waals surface area contributed by atoms with Gasteiger partial charge in [-0.25, -0.2) is 9.97 Å². The van der Waals surface area contributed by atoms with Crippen LogP contribution in [0.1, 0.15) is 31.3 Å². The molecule has 0 saturated heterocycles. The van der Waals surface area contributed by atoms with Gasteiger partial charge in [0.05, 0.1) is 0 Å². The SMILES string of the molecule is CCCCNc1cc(C#N)nc(C)n1. The predicted octanol–water partition coefficient (Wildman–Crippen LogP) is 1.87. The van der Waals surface area contributed by atoms with Crippen molar-refractivity contribution in [2.45, 2.75) is 26.7 Å². The summed E-state index contributed by atoms with van der Waals surface area (Å²) in [4.78, 5) is 8.15. The molecule has 4 heteroatoms. The van der Waals surface area contributed by atoms with Gasteiger partial charge in [0.25, 0.3) is 0 Å². The molecular weight excluding hydrogens is 176 g/mol. The van der Waals surface area contributed by atoms with Crippen molar-refractivity contribution >= 4 is 5.82 Å². The number of aromatic nitrogens is 2. The molecular formula is C10H14N4. The van der Waals surface area contributed by atoms with Crippen molar-refractivity contribution in [2.24, 2.45) is 0 Å². The third-order valence-corrected chi connectivity index (χ3v) is 1.79. The van der Waals surface area contributed by atoms with E-state index in [9.17, 15) is 0 Å². The maximum Gasteiger partial charge on any atom is 0.146 e. The summed E-state index contributed by atoms with van der Waals surface area (Å²) in [5.41, 5.74) is 0.413. The minimum atomic E-state index is 0.413. The van der Waals surface area contributed by atoms with Gasteiger partial charge in [0.1, 0.15) is 23.4 Å². The summed E-state index contributed by atoms with van der Waals surface area (Å²) in [6.07, 6.45) is 2.24. The molecule has 0 amide bonds. The van der Waals surface area contributed by atoms with Crippen LogP contribution in [0.25, 0.3) is 0 Å². The Labute approximate surface area is 84.0 Å². The van der Waals surface area contributed by atoms with E-state index in [1.54, 1.807) is 13.0 Å². The van der Waals surface area contributed by atoms with Crippen molar-refractivity contribution in [3.05, 3.63) is 17.6 Å². The molecule has 1 N–H and O–H groups in total. The summed E-state index contributed by atoms with van der Waals surface area (Å²) in [7, 11) is 0. The molecule has 0 fully saturated rings. The molecule has 0 aromatic carbocycles. The summed E-state index contributed by atoms with van der Waals surface area (Å²) in [5.74, 6) is 1.37. The summed E-state index contributed by atoms with van der Waals surface area (Å²) >= 11 is 0. The Bertz CT molecular complexity index is 340. The maximum atomic E-state index is 8.69. The lowest BCUT2D eigenvalue weighted by molar-refractivity contribution is 0.828. The van der Waals surface area contributed by atoms with Crippen molar-refractivity contribution < 1.29 is 0 Å². The first-order valence-corrected chi connectivity index (χ1v) is 4.76. The van der Waals surface area contributed by atoms with Crippen molar-refractivity contribution in [2.75, 3.05) is 11.9 Å². The largest absolute Gasteiger partial charge is 0.370 e. The Kier molecular flexibility index (Phi) is 3.86. The standard InChI is InChI=1S/C10H14N4/c1-3-4-5-12-10-6-9(7-11)13-8(2)14-10/h6H,3-5H2,1-2H3,(H,12,13,14). The second kappa shape index (κ2) is 5.18. The van der Waals surface area contributed by atoms with Crippen molar-refractivity contribution in [1.82, 2.24) is 9.97 Å². The lowest BCUT2D eigenvalue weighted by Crippen LogP contribution is -2.05. The number of nitrogens with zero attached hydrogens (tertiary/aromatic N) is 3. The zero-order chi connectivity index (χ0) is 10.4. The highest BCUT2D eigenvalue weighted by Gasteiger charge is 1.99. The highest BCUT2D eigenvalue weighted by molar-refractivity contribution is 5.39. The van der Waals surface area contributed by atoms with E-state index >= 15 is 0 Å². The van der Waals surface area contributed by atoms with Crippen LogP contribution < -0.4 is 5.32 Å². The number of hydrogen-bond donors (Lipinski definition) is 1. The van der Waals surface area contributed by atoms with Gasteiger partial charge >= 0.3 is 0 Å². The maximum absolute atomic E-state index is 8.69. The Morgan fingerprint density at radius 2 is 2.29 bits per heavy atom. The zero-order valence-corrected chi connectivity index (χ0v) is 8.54. The first-order chi connectivity index (χ1) is 6.76. The summed E-state index contributed by atoms with van der Waals surface area (Å²) in [6, 6.07) is 3.68. The first-order valence-electron chi connectivity index (χ1n) is 4.76. The van der Waals surface area contributed by atoms with Gasteiger partial charge in [-0.3, -0.25) is 0 Å². The third kappa shape index (κ3) is 3.02. The predicted molar refractivity (Wildman–Crippen MR) is 54.9 cm³/mol. The minimum absolute atomic E-state index is 0.413. The van der Waals surface area contributed by atoms with Gasteiger partial charge in [-0.05, 0) is 13.3 Å². The molecule has 74 valence electrons. The zero-order valence-electron chi connectivity index (χ0n) is 8.54. The molecule has 1 rings (SSSR count). The fourth-order valence-electron chi connectivity index (χ4n) is 1.11. The smallest absolute Gasteiger partial charge is 0.146 e. The average molecular weight is 190 g/mol. The number of anilines is 1. The van der Waals surface area contributed by atoms with Gasteiger partial charge in [-0.1, -0.05) is 13.3 Å². The lowest BCUT2D eigenvalue weighted by atomic mass is 10.3. The van der Waals surface area contributed by atoms with E-state index in [0.29, 0.717) is 11.5 Å². The summed E-state index contributed by atoms with van der Waals surface area (Å²) < 4.78 is 0. The van der Waals surface area contributed by atoms with E-state index in [0.717, 1.165) is 25.2 Å². The van der Waals surface area contributed by atoms with E-state index in [1.807, 2.05) is 6.07 Å². The molecule has 1 aromatic heterocycles. The van der Waals surface area contributed by atoms with Crippen LogP contribution in [0.15, 0.2) is 6.07 Å². The number of nitrogens with one attached hydrogen (secondary N) is 1. The van der Waals surface area contributed by atoms with Gasteiger partial charge in [0, 0.05) is 12.6 Å². The van der Waals surface area contributed by atoms with Crippen LogP contribution in [0.2, 0.25) is 0 Å². The summed E-state index contributed by atoms with van der Waals surface area (Å²) in [6.45, 7) is 4.80. The molecule has 0 aliphatic carbocycles. The van der Waals surface area contributed by atoms with Crippen LogP contribution in [-0.2, 0) is 0 Å². The van der Waals surface area contributed by atoms with Crippen LogP contribution in [0.3, 0.4) is 0 Å². The van der Waals surface area contributed by atoms with Crippen LogP contribution in [0.5, 0.6) is 0 Å². The van der Waals surface area contributed by atoms with Gasteiger partial charge in [0.2, 0.25) is 0 Å². The van der Waals surface area contributed by atoms with Gasteiger partial charge in [-0.2, -0.15) is 5.26 Å². The highest BCUT2D eigenvalue weighted by Crippen LogP contribution is 2.05. The fourth-order valence-corrected chi connectivity index (χ4v) is 1.11. The first kappa shape index (κ1) is 10.5. The molecule has 0 unspecified atom stereocenters. The molecule has 1 heterocycles. The van der Waals surface area contributed by atoms with E-state index in [-0.39, 0.29) is 0 Å². The minimum Gasteiger partial charge on any atom is -0.370 e. The van der Waals surface area contributed by atoms with Gasteiger partial charge in [-0.15, -0.1) is 0 Å². The number of aryl methyl sites for hydroxylation is 1. The quantitative estimate of drug-likeness (QED) is 0.736. The van der Waals surface area contributed by atoms with Gasteiger partial charge in [0.15, 0.2) is 0 Å². The van der Waals surface area contributed by atoms with E-state index < -0.39 is 0 Å². The van der Waals surface area contributed by atoms with Crippen LogP contribution in [0.4, 0.5) is 5.82 Å². The van der Waals surface area contributed by atoms with Gasteiger partial charge < -0.3 is 5.32 Å². The topological polar surface area (TPSA) is 61.6 Å². The van der Waals surface area contributed by atoms with E-state index in [2.05, 4.69) is 22.2 Å². The Morgan fingerprint density at radius 1 is 1.50 bits per heavy atom. The normalized spacial score (nSPS) is 9.50. The highest BCUT2D eigenvalue weighted by atomic mass is 15.0. The van der Waals surface area contributed by atoms with Crippen molar-refractivity contribution in [3.63, 3.8) is 0 Å². The number of unbranched alkanes of at least 4 members (excludes halogenated alkanes) is 1. The monoisotopic (exact) mass is 190 g/mol. The fraction of sp³-hybridized carbons (Fsp3) is 0.500. The molecule has 0 spiro atoms. The van der Waals surface area contributed by atoms with Crippen LogP contribution >= 0.6 is 0 Å². The van der Waals surface area contributed by atoms with E-state index in [1.165, 1.54) is 0 Å². The molecule has 0 atom stereocenters. The molecule has 4 nitrogen and oxygen atoms in total. The molecule has 0 bridgehead atoms. The average Bonchev–Trinajstić information content (AvgIpc) is 2.17. The Balaban J connectivity index is 2.68. The molecule has 0 saturated carbocycles. The Hall–Kier alpha value is -1.63. The number of nitriles is 1. The lowest BCUT2D eigenvalue weighted by Gasteiger charge is -2.04. The van der Waals surface area contributed by atoms with Crippen LogP contribution in [0, 0.1) is 18.3 Å². The second-order valence-electron chi connectivity index (χ2n) is 3.08. The molecule has 0 aliphatic heterocycles. The molecule has 0 radical (unpaired) electrons. The summed E-state index contributed by atoms with van der Waals surface area (Å²) in [5, 5.41) is 11.8.